The average Bonchev–Trinajstić information content (AvgIpc) is 3.12. The molecule has 0 bridgehead atoms. The van der Waals surface area contributed by atoms with Gasteiger partial charge in [-0.1, -0.05) is 25.5 Å². The Morgan fingerprint density at radius 2 is 2.17 bits per heavy atom. The number of nitrogens with one attached hydrogen (secondary N) is 2. The maximum absolute atomic E-state index is 12.4. The summed E-state index contributed by atoms with van der Waals surface area (Å²) in [7, 11) is 0. The molecule has 1 unspecified atom stereocenters. The molecule has 128 valence electrons. The molecule has 0 aliphatic carbocycles. The number of aryl methyl sites for hydroxylation is 1. The van der Waals surface area contributed by atoms with Crippen molar-refractivity contribution >= 4 is 11.6 Å². The van der Waals surface area contributed by atoms with Gasteiger partial charge in [-0.2, -0.15) is 5.10 Å². The number of benzene rings is 1. The molecule has 3 rings (SSSR count). The number of carbonyl (C=O) groups excluding carboxylic acids is 1. The summed E-state index contributed by atoms with van der Waals surface area (Å²) in [4.78, 5) is 12.4. The molecular formula is C19H26N4O. The summed E-state index contributed by atoms with van der Waals surface area (Å²) < 4.78 is 1.91. The van der Waals surface area contributed by atoms with Crippen LogP contribution in [0.25, 0.3) is 0 Å². The van der Waals surface area contributed by atoms with Crippen molar-refractivity contribution in [2.24, 2.45) is 0 Å². The molecule has 24 heavy (non-hydrogen) atoms. The van der Waals surface area contributed by atoms with Crippen molar-refractivity contribution in [3.63, 3.8) is 0 Å². The molecule has 1 fully saturated rings. The van der Waals surface area contributed by atoms with Crippen molar-refractivity contribution in [2.75, 3.05) is 18.4 Å². The van der Waals surface area contributed by atoms with Crippen molar-refractivity contribution in [3.8, 4) is 0 Å². The molecule has 5 heteroatoms. The first kappa shape index (κ1) is 16.7. The van der Waals surface area contributed by atoms with Crippen molar-refractivity contribution in [2.45, 2.75) is 45.1 Å². The normalized spacial score (nSPS) is 17.6. The van der Waals surface area contributed by atoms with Crippen LogP contribution in [0.15, 0.2) is 36.5 Å². The van der Waals surface area contributed by atoms with Crippen LogP contribution in [0.3, 0.4) is 0 Å². The lowest BCUT2D eigenvalue weighted by Crippen LogP contribution is -2.32. The Bertz CT molecular complexity index is 656. The van der Waals surface area contributed by atoms with Crippen molar-refractivity contribution in [1.82, 2.24) is 15.1 Å². The predicted octanol–water partition coefficient (Wildman–Crippen LogP) is 3.40. The maximum atomic E-state index is 12.4. The Morgan fingerprint density at radius 3 is 2.88 bits per heavy atom. The van der Waals surface area contributed by atoms with Gasteiger partial charge in [0.05, 0.1) is 6.04 Å². The second-order valence-electron chi connectivity index (χ2n) is 6.44. The molecule has 1 aromatic carbocycles. The number of unbranched alkanes of at least 4 members (excludes halogenated alkanes) is 1. The van der Waals surface area contributed by atoms with E-state index < -0.39 is 0 Å². The van der Waals surface area contributed by atoms with E-state index in [0.29, 0.717) is 11.7 Å². The van der Waals surface area contributed by atoms with Gasteiger partial charge in [0.15, 0.2) is 5.69 Å². The van der Waals surface area contributed by atoms with Crippen LogP contribution < -0.4 is 10.6 Å². The molecule has 0 radical (unpaired) electrons. The second-order valence-corrected chi connectivity index (χ2v) is 6.44. The van der Waals surface area contributed by atoms with E-state index in [-0.39, 0.29) is 5.91 Å². The number of amides is 1. The van der Waals surface area contributed by atoms with E-state index in [1.54, 1.807) is 6.07 Å². The first-order valence-corrected chi connectivity index (χ1v) is 8.92. The van der Waals surface area contributed by atoms with Crippen LogP contribution in [0.2, 0.25) is 0 Å². The third-order valence-corrected chi connectivity index (χ3v) is 4.52. The highest BCUT2D eigenvalue weighted by Crippen LogP contribution is 2.17. The lowest BCUT2D eigenvalue weighted by Gasteiger charge is -2.22. The summed E-state index contributed by atoms with van der Waals surface area (Å²) in [5, 5.41) is 10.8. The third kappa shape index (κ3) is 4.23. The summed E-state index contributed by atoms with van der Waals surface area (Å²) >= 11 is 0. The van der Waals surface area contributed by atoms with E-state index >= 15 is 0 Å². The maximum Gasteiger partial charge on any atom is 0.276 e. The largest absolute Gasteiger partial charge is 0.321 e. The van der Waals surface area contributed by atoms with Gasteiger partial charge in [-0.25, -0.2) is 0 Å². The number of nitrogens with zero attached hydrogens (tertiary/aromatic N) is 2. The Morgan fingerprint density at radius 1 is 1.33 bits per heavy atom. The van der Waals surface area contributed by atoms with Crippen molar-refractivity contribution < 1.29 is 4.79 Å². The van der Waals surface area contributed by atoms with Crippen LogP contribution in [-0.2, 0) is 6.42 Å². The molecule has 2 aromatic rings. The molecule has 1 atom stereocenters. The molecule has 0 spiro atoms. The average molecular weight is 326 g/mol. The van der Waals surface area contributed by atoms with Gasteiger partial charge < -0.3 is 10.6 Å². The van der Waals surface area contributed by atoms with Crippen LogP contribution in [0.1, 0.15) is 54.7 Å². The summed E-state index contributed by atoms with van der Waals surface area (Å²) in [6, 6.07) is 10.2. The molecule has 0 saturated carbocycles. The van der Waals surface area contributed by atoms with E-state index in [1.165, 1.54) is 18.4 Å². The zero-order valence-corrected chi connectivity index (χ0v) is 14.3. The second kappa shape index (κ2) is 8.11. The fourth-order valence-electron chi connectivity index (χ4n) is 3.05. The molecular weight excluding hydrogens is 300 g/mol. The summed E-state index contributed by atoms with van der Waals surface area (Å²) in [6.07, 6.45) is 7.63. The molecule has 2 heterocycles. The van der Waals surface area contributed by atoms with E-state index in [4.69, 9.17) is 0 Å². The minimum Gasteiger partial charge on any atom is -0.321 e. The van der Waals surface area contributed by atoms with Crippen molar-refractivity contribution in [3.05, 3.63) is 47.8 Å². The SMILES string of the molecule is CCCCc1ccc(NC(=O)c2ccn(C3CCCNC3)n2)cc1. The molecule has 5 nitrogen and oxygen atoms in total. The highest BCUT2D eigenvalue weighted by atomic mass is 16.1. The van der Waals surface area contributed by atoms with E-state index in [2.05, 4.69) is 34.8 Å². The lowest BCUT2D eigenvalue weighted by atomic mass is 10.1. The third-order valence-electron chi connectivity index (χ3n) is 4.52. The first-order chi connectivity index (χ1) is 11.8. The van der Waals surface area contributed by atoms with Gasteiger partial charge in [-0.15, -0.1) is 0 Å². The van der Waals surface area contributed by atoms with Crippen LogP contribution >= 0.6 is 0 Å². The number of anilines is 1. The predicted molar refractivity (Wildman–Crippen MR) is 96.4 cm³/mol. The van der Waals surface area contributed by atoms with E-state index in [9.17, 15) is 4.79 Å². The summed E-state index contributed by atoms with van der Waals surface area (Å²) in [5.41, 5.74) is 2.59. The zero-order valence-electron chi connectivity index (χ0n) is 14.3. The van der Waals surface area contributed by atoms with Crippen LogP contribution in [0, 0.1) is 0 Å². The van der Waals surface area contributed by atoms with Gasteiger partial charge in [0, 0.05) is 18.4 Å². The van der Waals surface area contributed by atoms with Gasteiger partial charge in [0.2, 0.25) is 0 Å². The fraction of sp³-hybridized carbons (Fsp3) is 0.474. The number of hydrogen-bond acceptors (Lipinski definition) is 3. The Hall–Kier alpha value is -2.14. The quantitative estimate of drug-likeness (QED) is 0.855. The minimum atomic E-state index is -0.154. The Labute approximate surface area is 143 Å². The minimum absolute atomic E-state index is 0.154. The van der Waals surface area contributed by atoms with Crippen LogP contribution in [-0.4, -0.2) is 28.8 Å². The smallest absolute Gasteiger partial charge is 0.276 e. The number of aromatic nitrogens is 2. The fourth-order valence-corrected chi connectivity index (χ4v) is 3.05. The van der Waals surface area contributed by atoms with Crippen LogP contribution in [0.4, 0.5) is 5.69 Å². The summed E-state index contributed by atoms with van der Waals surface area (Å²) in [6.45, 7) is 4.18. The Balaban J connectivity index is 1.59. The number of carbonyl (C=O) groups is 1. The van der Waals surface area contributed by atoms with Gasteiger partial charge in [-0.3, -0.25) is 9.48 Å². The monoisotopic (exact) mass is 326 g/mol. The standard InChI is InChI=1S/C19H26N4O/c1-2-3-5-15-7-9-16(10-8-15)21-19(24)18-11-13-23(22-18)17-6-4-12-20-14-17/h7-11,13,17,20H,2-6,12,14H2,1H3,(H,21,24). The zero-order chi connectivity index (χ0) is 16.8. The molecule has 1 aromatic heterocycles. The van der Waals surface area contributed by atoms with Crippen molar-refractivity contribution in [1.29, 1.82) is 0 Å². The Kier molecular flexibility index (Phi) is 5.64. The molecule has 2 N–H and O–H groups in total. The van der Waals surface area contributed by atoms with Gasteiger partial charge in [-0.05, 0) is 56.0 Å². The summed E-state index contributed by atoms with van der Waals surface area (Å²) in [5.74, 6) is -0.154. The number of hydrogen-bond donors (Lipinski definition) is 2. The number of piperidine rings is 1. The topological polar surface area (TPSA) is 59.0 Å². The number of rotatable bonds is 6. The van der Waals surface area contributed by atoms with Gasteiger partial charge >= 0.3 is 0 Å². The first-order valence-electron chi connectivity index (χ1n) is 8.92. The molecule has 1 saturated heterocycles. The highest BCUT2D eigenvalue weighted by molar-refractivity contribution is 6.02. The van der Waals surface area contributed by atoms with Gasteiger partial charge in [0.1, 0.15) is 0 Å². The lowest BCUT2D eigenvalue weighted by molar-refractivity contribution is 0.102. The molecule has 1 amide bonds. The highest BCUT2D eigenvalue weighted by Gasteiger charge is 2.17. The van der Waals surface area contributed by atoms with E-state index in [0.717, 1.165) is 38.0 Å². The van der Waals surface area contributed by atoms with Crippen LogP contribution in [0.5, 0.6) is 0 Å². The molecule has 1 aliphatic rings. The van der Waals surface area contributed by atoms with Gasteiger partial charge in [0.25, 0.3) is 5.91 Å². The molecule has 1 aliphatic heterocycles. The van der Waals surface area contributed by atoms with E-state index in [1.807, 2.05) is 23.0 Å².